The van der Waals surface area contributed by atoms with Crippen molar-refractivity contribution in [2.24, 2.45) is 0 Å². The SMILES string of the molecule is O=P(c1ccccc1)(c1ccccc1)c1ccc(-c2nc3ccccc3c3cc4ccc5cccnc5c4nc23)cc1. The summed E-state index contributed by atoms with van der Waals surface area (Å²) in [6.45, 7) is 0. The Balaban J connectivity index is 1.36. The molecular weight excluding hydrogens is 533 g/mol. The van der Waals surface area contributed by atoms with Gasteiger partial charge in [0.05, 0.1) is 27.8 Å². The van der Waals surface area contributed by atoms with Crippen LogP contribution in [-0.2, 0) is 4.57 Å². The highest BCUT2D eigenvalue weighted by Gasteiger charge is 2.29. The van der Waals surface area contributed by atoms with Crippen molar-refractivity contribution in [3.8, 4) is 11.3 Å². The molecule has 0 aliphatic rings. The molecule has 8 rings (SSSR count). The normalized spacial score (nSPS) is 11.9. The van der Waals surface area contributed by atoms with Gasteiger partial charge in [0.1, 0.15) is 0 Å². The zero-order valence-corrected chi connectivity index (χ0v) is 23.4. The molecule has 0 N–H and O–H groups in total. The van der Waals surface area contributed by atoms with E-state index in [1.165, 1.54) is 0 Å². The molecule has 0 bridgehead atoms. The molecule has 0 atom stereocenters. The number of rotatable bonds is 4. The molecule has 3 aromatic heterocycles. The number of aromatic nitrogens is 3. The quantitative estimate of drug-likeness (QED) is 0.126. The number of hydrogen-bond acceptors (Lipinski definition) is 4. The Morgan fingerprint density at radius 2 is 1.12 bits per heavy atom. The first-order valence-corrected chi connectivity index (χ1v) is 15.6. The summed E-state index contributed by atoms with van der Waals surface area (Å²) in [6, 6.07) is 46.1. The maximum Gasteiger partial charge on any atom is 0.171 e. The van der Waals surface area contributed by atoms with Gasteiger partial charge in [-0.1, -0.05) is 121 Å². The van der Waals surface area contributed by atoms with Crippen LogP contribution in [0.4, 0.5) is 0 Å². The predicted octanol–water partition coefficient (Wildman–Crippen LogP) is 7.79. The van der Waals surface area contributed by atoms with Gasteiger partial charge in [0.2, 0.25) is 0 Å². The maximum absolute atomic E-state index is 14.9. The van der Waals surface area contributed by atoms with E-state index >= 15 is 0 Å². The lowest BCUT2D eigenvalue weighted by Crippen LogP contribution is -2.24. The zero-order valence-electron chi connectivity index (χ0n) is 22.6. The molecule has 0 radical (unpaired) electrons. The van der Waals surface area contributed by atoms with Crippen molar-refractivity contribution in [1.82, 2.24) is 15.0 Å². The summed E-state index contributed by atoms with van der Waals surface area (Å²) in [4.78, 5) is 15.0. The molecule has 4 nitrogen and oxygen atoms in total. The van der Waals surface area contributed by atoms with Crippen LogP contribution in [0.5, 0.6) is 0 Å². The monoisotopic (exact) mass is 557 g/mol. The van der Waals surface area contributed by atoms with Crippen molar-refractivity contribution in [2.75, 3.05) is 0 Å². The number of para-hydroxylation sites is 1. The second kappa shape index (κ2) is 9.73. The first-order chi connectivity index (χ1) is 20.7. The van der Waals surface area contributed by atoms with Crippen LogP contribution < -0.4 is 15.9 Å². The molecule has 0 spiro atoms. The molecule has 0 saturated carbocycles. The van der Waals surface area contributed by atoms with Crippen molar-refractivity contribution < 1.29 is 4.57 Å². The van der Waals surface area contributed by atoms with Crippen molar-refractivity contribution in [1.29, 1.82) is 0 Å². The van der Waals surface area contributed by atoms with Gasteiger partial charge in [-0.3, -0.25) is 4.98 Å². The molecule has 0 saturated heterocycles. The average Bonchev–Trinajstić information content (AvgIpc) is 3.07. The van der Waals surface area contributed by atoms with E-state index in [4.69, 9.17) is 9.97 Å². The highest BCUT2D eigenvalue weighted by Crippen LogP contribution is 2.43. The summed E-state index contributed by atoms with van der Waals surface area (Å²) in [6.07, 6.45) is 1.81. The number of nitrogens with zero attached hydrogens (tertiary/aromatic N) is 3. The van der Waals surface area contributed by atoms with Crippen LogP contribution in [0, 0.1) is 0 Å². The Morgan fingerprint density at radius 1 is 0.476 bits per heavy atom. The van der Waals surface area contributed by atoms with Crippen LogP contribution in [0.2, 0.25) is 0 Å². The third-order valence-corrected chi connectivity index (χ3v) is 11.0. The van der Waals surface area contributed by atoms with Gasteiger partial charge in [0.25, 0.3) is 0 Å². The van der Waals surface area contributed by atoms with Gasteiger partial charge in [-0.15, -0.1) is 0 Å². The summed E-state index contributed by atoms with van der Waals surface area (Å²) < 4.78 is 14.9. The zero-order chi connectivity index (χ0) is 28.1. The number of benzene rings is 5. The molecule has 42 heavy (non-hydrogen) atoms. The van der Waals surface area contributed by atoms with E-state index in [9.17, 15) is 4.57 Å². The van der Waals surface area contributed by atoms with E-state index in [-0.39, 0.29) is 0 Å². The average molecular weight is 558 g/mol. The molecule has 0 fully saturated rings. The Bertz CT molecular complexity index is 2280. The molecule has 0 aliphatic heterocycles. The molecule has 8 aromatic rings. The molecule has 3 heterocycles. The van der Waals surface area contributed by atoms with Crippen LogP contribution in [0.1, 0.15) is 0 Å². The van der Waals surface area contributed by atoms with Crippen molar-refractivity contribution >= 4 is 66.7 Å². The van der Waals surface area contributed by atoms with Gasteiger partial charge in [-0.2, -0.15) is 0 Å². The smallest absolute Gasteiger partial charge is 0.171 e. The maximum atomic E-state index is 14.9. The predicted molar refractivity (Wildman–Crippen MR) is 175 cm³/mol. The molecular formula is C37H24N3OP. The van der Waals surface area contributed by atoms with Gasteiger partial charge in [-0.25, -0.2) is 9.97 Å². The molecule has 5 heteroatoms. The van der Waals surface area contributed by atoms with Crippen LogP contribution in [-0.4, -0.2) is 15.0 Å². The topological polar surface area (TPSA) is 55.7 Å². The Hall–Kier alpha value is -5.18. The fourth-order valence-corrected chi connectivity index (χ4v) is 8.53. The highest BCUT2D eigenvalue weighted by molar-refractivity contribution is 7.85. The van der Waals surface area contributed by atoms with E-state index in [1.54, 1.807) is 0 Å². The first kappa shape index (κ1) is 24.6. The van der Waals surface area contributed by atoms with Crippen LogP contribution in [0.3, 0.4) is 0 Å². The minimum absolute atomic E-state index is 0.780. The summed E-state index contributed by atoms with van der Waals surface area (Å²) in [5.74, 6) is 0. The third kappa shape index (κ3) is 3.84. The lowest BCUT2D eigenvalue weighted by Gasteiger charge is -2.20. The summed E-state index contributed by atoms with van der Waals surface area (Å²) in [5.41, 5.74) is 5.16. The van der Waals surface area contributed by atoms with Crippen LogP contribution >= 0.6 is 7.14 Å². The van der Waals surface area contributed by atoms with E-state index in [0.717, 1.165) is 70.8 Å². The van der Waals surface area contributed by atoms with Gasteiger partial charge in [-0.05, 0) is 18.2 Å². The Morgan fingerprint density at radius 3 is 1.86 bits per heavy atom. The third-order valence-electron chi connectivity index (χ3n) is 7.95. The lowest BCUT2D eigenvalue weighted by molar-refractivity contribution is 0.592. The van der Waals surface area contributed by atoms with E-state index in [1.807, 2.05) is 115 Å². The molecule has 198 valence electrons. The molecule has 5 aromatic carbocycles. The summed E-state index contributed by atoms with van der Waals surface area (Å²) >= 11 is 0. The largest absolute Gasteiger partial charge is 0.309 e. The molecule has 0 unspecified atom stereocenters. The van der Waals surface area contributed by atoms with Gasteiger partial charge < -0.3 is 4.57 Å². The second-order valence-corrected chi connectivity index (χ2v) is 13.2. The van der Waals surface area contributed by atoms with Crippen molar-refractivity contribution in [3.63, 3.8) is 0 Å². The Labute approximate surface area is 242 Å². The minimum atomic E-state index is -3.08. The summed E-state index contributed by atoms with van der Waals surface area (Å²) in [7, 11) is -3.08. The Kier molecular flexibility index (Phi) is 5.70. The van der Waals surface area contributed by atoms with Gasteiger partial charge in [0, 0.05) is 49.2 Å². The van der Waals surface area contributed by atoms with E-state index < -0.39 is 7.14 Å². The standard InChI is InChI=1S/C37H24N3OP/c41-42(28-11-3-1-4-12-28,29-13-5-2-6-14-29)30-21-19-26(20-22-30)35-37-32(31-15-7-8-16-33(31)39-35)24-27-18-17-25-10-9-23-38-34(25)36(27)40-37/h1-24H. The summed E-state index contributed by atoms with van der Waals surface area (Å²) in [5, 5.41) is 6.59. The van der Waals surface area contributed by atoms with Gasteiger partial charge >= 0.3 is 0 Å². The van der Waals surface area contributed by atoms with Gasteiger partial charge in [0.15, 0.2) is 7.14 Å². The highest BCUT2D eigenvalue weighted by atomic mass is 31.2. The molecule has 0 amide bonds. The number of hydrogen-bond donors (Lipinski definition) is 0. The fourth-order valence-electron chi connectivity index (χ4n) is 5.89. The fraction of sp³-hybridized carbons (Fsp3) is 0. The second-order valence-electron chi connectivity index (χ2n) is 10.4. The first-order valence-electron chi connectivity index (χ1n) is 13.9. The molecule has 0 aliphatic carbocycles. The van der Waals surface area contributed by atoms with E-state index in [2.05, 4.69) is 35.3 Å². The van der Waals surface area contributed by atoms with Crippen LogP contribution in [0.15, 0.2) is 146 Å². The number of fused-ring (bicyclic) bond motifs is 6. The minimum Gasteiger partial charge on any atom is -0.309 e. The van der Waals surface area contributed by atoms with Crippen molar-refractivity contribution in [2.45, 2.75) is 0 Å². The number of pyridine rings is 3. The lowest BCUT2D eigenvalue weighted by atomic mass is 10.0. The van der Waals surface area contributed by atoms with Crippen molar-refractivity contribution in [3.05, 3.63) is 146 Å². The van der Waals surface area contributed by atoms with E-state index in [0.29, 0.717) is 0 Å². The van der Waals surface area contributed by atoms with Crippen LogP contribution in [0.25, 0.3) is 54.9 Å².